The third-order valence-electron chi connectivity index (χ3n) is 1.20. The quantitative estimate of drug-likeness (QED) is 0.566. The number of carbonyl (C=O) groups excluding carboxylic acids is 1. The van der Waals surface area contributed by atoms with Gasteiger partial charge in [0, 0.05) is 0 Å². The van der Waals surface area contributed by atoms with Crippen molar-refractivity contribution in [3.63, 3.8) is 0 Å². The molecule has 1 atom stereocenters. The van der Waals surface area contributed by atoms with Gasteiger partial charge in [-0.2, -0.15) is 8.42 Å². The van der Waals surface area contributed by atoms with Gasteiger partial charge in [0.15, 0.2) is 0 Å². The molecule has 0 N–H and O–H groups in total. The Morgan fingerprint density at radius 2 is 2.25 bits per heavy atom. The molecule has 0 fully saturated rings. The predicted octanol–water partition coefficient (Wildman–Crippen LogP) is -0.0170. The van der Waals surface area contributed by atoms with Crippen LogP contribution in [-0.4, -0.2) is 21.5 Å². The second kappa shape index (κ2) is 3.68. The minimum Gasteiger partial charge on any atom is -0.465 e. The first kappa shape index (κ1) is 9.21. The fraction of sp³-hybridized carbons (Fsp3) is 0.167. The molecular weight excluding hydrogens is 200 g/mol. The molecule has 1 aliphatic heterocycles. The van der Waals surface area contributed by atoms with Crippen molar-refractivity contribution in [3.8, 4) is 0 Å². The average molecular weight is 206 g/mol. The Balaban J connectivity index is 3.14. The van der Waals surface area contributed by atoms with E-state index in [1.165, 1.54) is 24.7 Å². The molecule has 0 spiro atoms. The summed E-state index contributed by atoms with van der Waals surface area (Å²) in [4.78, 5) is 11.1. The summed E-state index contributed by atoms with van der Waals surface area (Å²) in [5.41, 5.74) is 0. The van der Waals surface area contributed by atoms with Gasteiger partial charge in [-0.25, -0.2) is 4.79 Å². The molecular formula is C6H6O4S2. The van der Waals surface area contributed by atoms with E-state index in [0.717, 1.165) is 0 Å². The largest absolute Gasteiger partial charge is 0.465 e. The van der Waals surface area contributed by atoms with Gasteiger partial charge in [0.1, 0.15) is 4.91 Å². The first-order valence-electron chi connectivity index (χ1n) is 2.96. The predicted molar refractivity (Wildman–Crippen MR) is 45.5 cm³/mol. The Hall–Kier alpha value is -0.880. The fourth-order valence-electron chi connectivity index (χ4n) is 0.708. The molecule has 0 amide bonds. The molecule has 12 heavy (non-hydrogen) atoms. The van der Waals surface area contributed by atoms with E-state index >= 15 is 0 Å². The van der Waals surface area contributed by atoms with Crippen molar-refractivity contribution in [2.24, 2.45) is 0 Å². The van der Waals surface area contributed by atoms with Crippen molar-refractivity contribution in [2.75, 3.05) is 7.11 Å². The van der Waals surface area contributed by atoms with Crippen molar-refractivity contribution in [3.05, 3.63) is 22.5 Å². The summed E-state index contributed by atoms with van der Waals surface area (Å²) >= 11 is 0. The maximum absolute atomic E-state index is 10.9. The van der Waals surface area contributed by atoms with E-state index in [9.17, 15) is 13.2 Å². The molecule has 1 aliphatic rings. The lowest BCUT2D eigenvalue weighted by atomic mass is 10.5. The Bertz CT molecular complexity index is 391. The number of ether oxygens (including phenoxy) is 1. The van der Waals surface area contributed by atoms with Gasteiger partial charge in [-0.1, -0.05) is 6.08 Å². The summed E-state index contributed by atoms with van der Waals surface area (Å²) in [5, 5.41) is 1.45. The van der Waals surface area contributed by atoms with E-state index in [4.69, 9.17) is 0 Å². The molecule has 1 rings (SSSR count). The lowest BCUT2D eigenvalue weighted by Crippen LogP contribution is -2.06. The van der Waals surface area contributed by atoms with Gasteiger partial charge in [-0.05, 0) is 20.9 Å². The van der Waals surface area contributed by atoms with Crippen LogP contribution in [0, 0.1) is 0 Å². The van der Waals surface area contributed by atoms with Crippen LogP contribution in [0.15, 0.2) is 22.5 Å². The van der Waals surface area contributed by atoms with Gasteiger partial charge >= 0.3 is 5.97 Å². The maximum atomic E-state index is 10.9. The number of allylic oxidation sites excluding steroid dienone is 2. The van der Waals surface area contributed by atoms with Crippen LogP contribution < -0.4 is 0 Å². The molecule has 0 aliphatic carbocycles. The molecule has 0 aromatic heterocycles. The first-order valence-corrected chi connectivity index (χ1v) is 5.84. The summed E-state index contributed by atoms with van der Waals surface area (Å²) in [5.74, 6) is -0.590. The molecule has 0 bridgehead atoms. The normalized spacial score (nSPS) is 20.4. The second-order valence-corrected chi connectivity index (χ2v) is 5.46. The van der Waals surface area contributed by atoms with Crippen LogP contribution in [0.25, 0.3) is 0 Å². The maximum Gasteiger partial charge on any atom is 0.345 e. The topological polar surface area (TPSA) is 60.4 Å². The van der Waals surface area contributed by atoms with Gasteiger partial charge in [0.25, 0.3) is 0 Å². The lowest BCUT2D eigenvalue weighted by molar-refractivity contribution is -0.135. The van der Waals surface area contributed by atoms with Gasteiger partial charge in [0.05, 0.1) is 7.11 Å². The van der Waals surface area contributed by atoms with Crippen LogP contribution >= 0.6 is 0 Å². The molecule has 66 valence electrons. The van der Waals surface area contributed by atoms with E-state index < -0.39 is 24.7 Å². The molecule has 0 saturated heterocycles. The van der Waals surface area contributed by atoms with Crippen LogP contribution in [0.4, 0.5) is 0 Å². The third kappa shape index (κ3) is 1.64. The van der Waals surface area contributed by atoms with Crippen molar-refractivity contribution < 1.29 is 17.9 Å². The number of hydrogen-bond acceptors (Lipinski definition) is 4. The van der Waals surface area contributed by atoms with Gasteiger partial charge in [0.2, 0.25) is 9.26 Å². The Kier molecular flexibility index (Phi) is 2.83. The Labute approximate surface area is 72.7 Å². The van der Waals surface area contributed by atoms with Crippen LogP contribution in [0.5, 0.6) is 0 Å². The highest BCUT2D eigenvalue weighted by Crippen LogP contribution is 2.13. The summed E-state index contributed by atoms with van der Waals surface area (Å²) < 4.78 is 25.5. The summed E-state index contributed by atoms with van der Waals surface area (Å²) in [6.45, 7) is 0. The first-order chi connectivity index (χ1) is 5.66. The minimum absolute atomic E-state index is 0.186. The zero-order chi connectivity index (χ0) is 9.14. The monoisotopic (exact) mass is 206 g/mol. The third-order valence-corrected chi connectivity index (χ3v) is 4.39. The standard InChI is InChI=1S/C6H6O4S2/c1-10-6(7)5-3-2-4-11(5)12(8)9/h2-4H,1H3. The Morgan fingerprint density at radius 3 is 2.75 bits per heavy atom. The highest BCUT2D eigenvalue weighted by Gasteiger charge is 2.16. The Morgan fingerprint density at radius 1 is 1.58 bits per heavy atom. The summed E-state index contributed by atoms with van der Waals surface area (Å²) in [6, 6.07) is 0. The zero-order valence-electron chi connectivity index (χ0n) is 6.18. The number of rotatable bonds is 1. The van der Waals surface area contributed by atoms with Crippen molar-refractivity contribution in [2.45, 2.75) is 0 Å². The fourth-order valence-corrected chi connectivity index (χ4v) is 3.05. The van der Waals surface area contributed by atoms with Gasteiger partial charge in [-0.3, -0.25) is 0 Å². The van der Waals surface area contributed by atoms with E-state index in [1.54, 1.807) is 0 Å². The van der Waals surface area contributed by atoms with E-state index in [0.29, 0.717) is 0 Å². The molecule has 0 saturated carbocycles. The number of carbonyl (C=O) groups is 1. The molecule has 1 heterocycles. The van der Waals surface area contributed by atoms with Crippen LogP contribution in [0.1, 0.15) is 0 Å². The van der Waals surface area contributed by atoms with Gasteiger partial charge < -0.3 is 4.74 Å². The smallest absolute Gasteiger partial charge is 0.345 e. The SMILES string of the molecule is COC(=O)C1=CC=CS1=S(=O)=O. The van der Waals surface area contributed by atoms with E-state index in [1.807, 2.05) is 0 Å². The second-order valence-electron chi connectivity index (χ2n) is 1.85. The number of esters is 1. The molecule has 0 radical (unpaired) electrons. The average Bonchev–Trinajstić information content (AvgIpc) is 2.50. The number of methoxy groups -OCH3 is 1. The molecule has 1 unspecified atom stereocenters. The highest BCUT2D eigenvalue weighted by molar-refractivity contribution is 8.37. The van der Waals surface area contributed by atoms with Crippen LogP contribution in [-0.2, 0) is 28.2 Å². The van der Waals surface area contributed by atoms with Crippen LogP contribution in [0.2, 0.25) is 0 Å². The number of hydrogen-bond donors (Lipinski definition) is 0. The summed E-state index contributed by atoms with van der Waals surface area (Å²) in [7, 11) is -2.18. The van der Waals surface area contributed by atoms with E-state index in [-0.39, 0.29) is 4.91 Å². The minimum atomic E-state index is -2.27. The van der Waals surface area contributed by atoms with E-state index in [2.05, 4.69) is 4.74 Å². The summed E-state index contributed by atoms with van der Waals surface area (Å²) in [6.07, 6.45) is 2.98. The van der Waals surface area contributed by atoms with Crippen molar-refractivity contribution in [1.29, 1.82) is 0 Å². The van der Waals surface area contributed by atoms with Crippen molar-refractivity contribution >= 4 is 24.7 Å². The molecule has 0 aromatic rings. The zero-order valence-corrected chi connectivity index (χ0v) is 7.81. The van der Waals surface area contributed by atoms with Crippen molar-refractivity contribution in [1.82, 2.24) is 0 Å². The highest BCUT2D eigenvalue weighted by atomic mass is 32.9. The molecule has 4 nitrogen and oxygen atoms in total. The van der Waals surface area contributed by atoms with Crippen LogP contribution in [0.3, 0.4) is 0 Å². The van der Waals surface area contributed by atoms with Gasteiger partial charge in [-0.15, -0.1) is 0 Å². The molecule has 6 heteroatoms. The molecule has 0 aromatic carbocycles. The lowest BCUT2D eigenvalue weighted by Gasteiger charge is -1.97.